The van der Waals surface area contributed by atoms with Crippen LogP contribution >= 0.6 is 0 Å². The Morgan fingerprint density at radius 1 is 1.17 bits per heavy atom. The number of nitrogens with one attached hydrogen (secondary N) is 2. The van der Waals surface area contributed by atoms with Crippen molar-refractivity contribution in [3.63, 3.8) is 0 Å². The number of nitrogens with zero attached hydrogens (tertiary/aromatic N) is 2. The van der Waals surface area contributed by atoms with E-state index < -0.39 is 0 Å². The quantitative estimate of drug-likeness (QED) is 0.329. The van der Waals surface area contributed by atoms with Crippen molar-refractivity contribution in [2.75, 3.05) is 53.0 Å². The minimum atomic E-state index is 0.388. The molecule has 0 spiro atoms. The minimum Gasteiger partial charge on any atom is -0.385 e. The van der Waals surface area contributed by atoms with Gasteiger partial charge in [-0.25, -0.2) is 0 Å². The molecule has 1 aliphatic carbocycles. The van der Waals surface area contributed by atoms with Crippen LogP contribution in [0.2, 0.25) is 0 Å². The molecule has 5 nitrogen and oxygen atoms in total. The number of hydrogen-bond donors (Lipinski definition) is 2. The molecule has 0 aromatic rings. The Labute approximate surface area is 143 Å². The van der Waals surface area contributed by atoms with E-state index in [1.54, 1.807) is 7.11 Å². The van der Waals surface area contributed by atoms with Crippen LogP contribution < -0.4 is 10.6 Å². The van der Waals surface area contributed by atoms with Crippen LogP contribution in [0.3, 0.4) is 0 Å². The lowest BCUT2D eigenvalue weighted by atomic mass is 9.67. The van der Waals surface area contributed by atoms with E-state index in [1.807, 2.05) is 0 Å². The maximum Gasteiger partial charge on any atom is 0.191 e. The summed E-state index contributed by atoms with van der Waals surface area (Å²) in [5.41, 5.74) is 0.388. The second-order valence-corrected chi connectivity index (χ2v) is 6.60. The van der Waals surface area contributed by atoms with Gasteiger partial charge in [0.15, 0.2) is 5.96 Å². The topological polar surface area (TPSA) is 48.9 Å². The number of ether oxygens (including phenoxy) is 1. The predicted octanol–water partition coefficient (Wildman–Crippen LogP) is 2.48. The molecule has 0 bridgehead atoms. The zero-order valence-corrected chi connectivity index (χ0v) is 15.8. The van der Waals surface area contributed by atoms with Crippen LogP contribution in [0.4, 0.5) is 0 Å². The van der Waals surface area contributed by atoms with Crippen LogP contribution in [-0.2, 0) is 4.74 Å². The van der Waals surface area contributed by atoms with E-state index in [0.29, 0.717) is 5.41 Å². The number of guanidine groups is 1. The molecule has 0 heterocycles. The Kier molecular flexibility index (Phi) is 10.3. The Bertz CT molecular complexity index is 325. The van der Waals surface area contributed by atoms with Gasteiger partial charge in [-0.3, -0.25) is 4.99 Å². The molecule has 23 heavy (non-hydrogen) atoms. The predicted molar refractivity (Wildman–Crippen MR) is 99.2 cm³/mol. The fraction of sp³-hybridized carbons (Fsp3) is 0.944. The van der Waals surface area contributed by atoms with E-state index in [1.165, 1.54) is 19.3 Å². The van der Waals surface area contributed by atoms with Crippen LogP contribution in [-0.4, -0.2) is 63.8 Å². The molecule has 1 saturated carbocycles. The molecule has 0 aromatic heterocycles. The average molecular weight is 327 g/mol. The van der Waals surface area contributed by atoms with Crippen molar-refractivity contribution in [1.82, 2.24) is 15.5 Å². The van der Waals surface area contributed by atoms with E-state index in [2.05, 4.69) is 36.3 Å². The summed E-state index contributed by atoms with van der Waals surface area (Å²) >= 11 is 0. The Morgan fingerprint density at radius 3 is 2.43 bits per heavy atom. The third-order valence-corrected chi connectivity index (χ3v) is 5.01. The summed E-state index contributed by atoms with van der Waals surface area (Å²) in [5, 5.41) is 6.85. The van der Waals surface area contributed by atoms with Gasteiger partial charge in [0.1, 0.15) is 0 Å². The van der Waals surface area contributed by atoms with Gasteiger partial charge in [0.25, 0.3) is 0 Å². The summed E-state index contributed by atoms with van der Waals surface area (Å²) in [5.74, 6) is 0.968. The number of aliphatic imine (C=N–C) groups is 1. The lowest BCUT2D eigenvalue weighted by Crippen LogP contribution is -2.41. The lowest BCUT2D eigenvalue weighted by Gasteiger charge is -2.40. The van der Waals surface area contributed by atoms with Gasteiger partial charge in [0.05, 0.1) is 0 Å². The molecule has 2 N–H and O–H groups in total. The van der Waals surface area contributed by atoms with Crippen LogP contribution in [0.5, 0.6) is 0 Å². The van der Waals surface area contributed by atoms with Gasteiger partial charge < -0.3 is 20.3 Å². The summed E-state index contributed by atoms with van der Waals surface area (Å²) in [6, 6.07) is 0. The first-order valence-electron chi connectivity index (χ1n) is 9.43. The van der Waals surface area contributed by atoms with Crippen LogP contribution in [0.25, 0.3) is 0 Å². The van der Waals surface area contributed by atoms with Gasteiger partial charge in [0.2, 0.25) is 0 Å². The Balaban J connectivity index is 2.37. The molecular formula is C18H38N4O. The van der Waals surface area contributed by atoms with Gasteiger partial charge in [-0.15, -0.1) is 0 Å². The zero-order chi connectivity index (χ0) is 17.0. The number of rotatable bonds is 12. The summed E-state index contributed by atoms with van der Waals surface area (Å²) in [4.78, 5) is 7.30. The molecule has 0 unspecified atom stereocenters. The Hall–Kier alpha value is -0.810. The molecular weight excluding hydrogens is 288 g/mol. The highest BCUT2D eigenvalue weighted by atomic mass is 16.5. The fourth-order valence-corrected chi connectivity index (χ4v) is 3.12. The molecule has 0 aromatic carbocycles. The summed E-state index contributed by atoms with van der Waals surface area (Å²) in [6.07, 6.45) is 6.21. The van der Waals surface area contributed by atoms with Gasteiger partial charge in [-0.05, 0) is 57.7 Å². The molecule has 136 valence electrons. The maximum absolute atomic E-state index is 5.27. The number of hydrogen-bond acceptors (Lipinski definition) is 3. The first-order chi connectivity index (χ1) is 11.2. The van der Waals surface area contributed by atoms with Crippen LogP contribution in [0.1, 0.15) is 52.9 Å². The van der Waals surface area contributed by atoms with E-state index in [4.69, 9.17) is 9.73 Å². The van der Waals surface area contributed by atoms with Crippen molar-refractivity contribution < 1.29 is 4.74 Å². The van der Waals surface area contributed by atoms with Crippen LogP contribution in [0, 0.1) is 5.41 Å². The highest BCUT2D eigenvalue weighted by molar-refractivity contribution is 5.79. The summed E-state index contributed by atoms with van der Waals surface area (Å²) in [6.45, 7) is 13.6. The normalized spacial score (nSPS) is 17.2. The van der Waals surface area contributed by atoms with Crippen molar-refractivity contribution in [2.45, 2.75) is 52.9 Å². The Morgan fingerprint density at radius 2 is 1.91 bits per heavy atom. The fourth-order valence-electron chi connectivity index (χ4n) is 3.12. The van der Waals surface area contributed by atoms with Crippen LogP contribution in [0.15, 0.2) is 4.99 Å². The van der Waals surface area contributed by atoms with Crippen molar-refractivity contribution in [3.8, 4) is 0 Å². The lowest BCUT2D eigenvalue weighted by molar-refractivity contribution is 0.0778. The third kappa shape index (κ3) is 7.53. The van der Waals surface area contributed by atoms with E-state index >= 15 is 0 Å². The SMILES string of the molecule is CCNC(=NCC1(CCOC)CCC1)NCCCN(CC)CC. The summed E-state index contributed by atoms with van der Waals surface area (Å²) in [7, 11) is 1.79. The molecule has 1 aliphatic rings. The summed E-state index contributed by atoms with van der Waals surface area (Å²) < 4.78 is 5.27. The molecule has 0 radical (unpaired) electrons. The first-order valence-corrected chi connectivity index (χ1v) is 9.43. The molecule has 5 heteroatoms. The minimum absolute atomic E-state index is 0.388. The molecule has 1 rings (SSSR count). The van der Waals surface area contributed by atoms with Gasteiger partial charge in [-0.1, -0.05) is 20.3 Å². The molecule has 0 atom stereocenters. The second-order valence-electron chi connectivity index (χ2n) is 6.60. The number of methoxy groups -OCH3 is 1. The van der Waals surface area contributed by atoms with Gasteiger partial charge in [0, 0.05) is 33.4 Å². The monoisotopic (exact) mass is 326 g/mol. The smallest absolute Gasteiger partial charge is 0.191 e. The molecule has 0 aliphatic heterocycles. The maximum atomic E-state index is 5.27. The largest absolute Gasteiger partial charge is 0.385 e. The van der Waals surface area contributed by atoms with Crippen molar-refractivity contribution in [2.24, 2.45) is 10.4 Å². The third-order valence-electron chi connectivity index (χ3n) is 5.01. The van der Waals surface area contributed by atoms with Crippen molar-refractivity contribution in [1.29, 1.82) is 0 Å². The highest BCUT2D eigenvalue weighted by Crippen LogP contribution is 2.44. The molecule has 0 saturated heterocycles. The molecule has 1 fully saturated rings. The zero-order valence-electron chi connectivity index (χ0n) is 15.8. The van der Waals surface area contributed by atoms with Crippen molar-refractivity contribution >= 4 is 5.96 Å². The van der Waals surface area contributed by atoms with Gasteiger partial charge >= 0.3 is 0 Å². The van der Waals surface area contributed by atoms with Crippen molar-refractivity contribution in [3.05, 3.63) is 0 Å². The average Bonchev–Trinajstić information content (AvgIpc) is 2.53. The molecule has 0 amide bonds. The van der Waals surface area contributed by atoms with Gasteiger partial charge in [-0.2, -0.15) is 0 Å². The van der Waals surface area contributed by atoms with E-state index in [9.17, 15) is 0 Å². The van der Waals surface area contributed by atoms with E-state index in [-0.39, 0.29) is 0 Å². The first kappa shape index (κ1) is 20.2. The second kappa shape index (κ2) is 11.7. The van der Waals surface area contributed by atoms with E-state index in [0.717, 1.165) is 64.7 Å². The highest BCUT2D eigenvalue weighted by Gasteiger charge is 2.36. The standard InChI is InChI=1S/C18H38N4O/c1-5-19-17(20-13-9-14-22(6-2)7-3)21-16-18(10-8-11-18)12-15-23-4/h5-16H2,1-4H3,(H2,19,20,21).